The predicted octanol–water partition coefficient (Wildman–Crippen LogP) is 5.33. The Balaban J connectivity index is 1.73. The molecule has 3 aromatic rings. The van der Waals surface area contributed by atoms with Crippen LogP contribution in [0.25, 0.3) is 11.1 Å². The van der Waals surface area contributed by atoms with Crippen LogP contribution < -0.4 is 10.2 Å². The van der Waals surface area contributed by atoms with E-state index in [4.69, 9.17) is 4.74 Å². The number of fused-ring (bicyclic) bond motifs is 1. The van der Waals surface area contributed by atoms with Crippen molar-refractivity contribution in [2.45, 2.75) is 39.5 Å². The molecule has 0 amide bonds. The highest BCUT2D eigenvalue weighted by Gasteiger charge is 2.19. The summed E-state index contributed by atoms with van der Waals surface area (Å²) in [4.78, 5) is 16.6. The highest BCUT2D eigenvalue weighted by atomic mass is 16.5. The number of benzene rings is 2. The summed E-state index contributed by atoms with van der Waals surface area (Å²) in [5, 5.41) is 0. The summed E-state index contributed by atoms with van der Waals surface area (Å²) < 4.78 is 5.98. The quantitative estimate of drug-likeness (QED) is 0.697. The van der Waals surface area contributed by atoms with Gasteiger partial charge in [0.2, 0.25) is 0 Å². The maximum absolute atomic E-state index is 13.1. The molecule has 0 radical (unpaired) electrons. The Bertz CT molecular complexity index is 1000. The number of aromatic amines is 1. The molecule has 132 valence electrons. The second-order valence-electron chi connectivity index (χ2n) is 7.06. The first-order valence-corrected chi connectivity index (χ1v) is 9.21. The number of H-pyrrole nitrogens is 1. The van der Waals surface area contributed by atoms with Crippen molar-refractivity contribution in [2.24, 2.45) is 0 Å². The fourth-order valence-electron chi connectivity index (χ4n) is 3.71. The average Bonchev–Trinajstić information content (AvgIpc) is 2.64. The largest absolute Gasteiger partial charge is 0.457 e. The number of ether oxygens (including phenoxy) is 1. The molecule has 0 bridgehead atoms. The standard InChI is InChI=1S/C23H23NO2/c1-15-10-12-18(13-11-15)26-19-7-5-6-17(14-19)22-16(2)24-21-9-4-3-8-20(21)23(22)25/h5-7,10-14H,3-4,8-9H2,1-2H3,(H,24,25). The molecule has 26 heavy (non-hydrogen) atoms. The molecule has 4 rings (SSSR count). The number of aromatic nitrogens is 1. The minimum Gasteiger partial charge on any atom is -0.457 e. The lowest BCUT2D eigenvalue weighted by Crippen LogP contribution is -2.21. The van der Waals surface area contributed by atoms with Crippen LogP contribution in [0.5, 0.6) is 11.5 Å². The Labute approximate surface area is 153 Å². The van der Waals surface area contributed by atoms with Gasteiger partial charge in [-0.2, -0.15) is 0 Å². The molecule has 3 heteroatoms. The number of rotatable bonds is 3. The number of hydrogen-bond acceptors (Lipinski definition) is 2. The number of aryl methyl sites for hydroxylation is 3. The monoisotopic (exact) mass is 345 g/mol. The van der Waals surface area contributed by atoms with Crippen molar-refractivity contribution >= 4 is 0 Å². The molecule has 0 saturated heterocycles. The summed E-state index contributed by atoms with van der Waals surface area (Å²) in [6.45, 7) is 4.04. The van der Waals surface area contributed by atoms with E-state index in [9.17, 15) is 4.79 Å². The van der Waals surface area contributed by atoms with E-state index in [-0.39, 0.29) is 5.43 Å². The summed E-state index contributed by atoms with van der Waals surface area (Å²) in [6, 6.07) is 15.8. The summed E-state index contributed by atoms with van der Waals surface area (Å²) in [7, 11) is 0. The van der Waals surface area contributed by atoms with Gasteiger partial charge in [0.1, 0.15) is 11.5 Å². The van der Waals surface area contributed by atoms with Crippen LogP contribution >= 0.6 is 0 Å². The van der Waals surface area contributed by atoms with E-state index in [1.165, 1.54) is 5.56 Å². The molecule has 1 heterocycles. The van der Waals surface area contributed by atoms with Gasteiger partial charge < -0.3 is 9.72 Å². The molecule has 0 spiro atoms. The maximum Gasteiger partial charge on any atom is 0.193 e. The first-order chi connectivity index (χ1) is 12.6. The third-order valence-electron chi connectivity index (χ3n) is 5.06. The van der Waals surface area contributed by atoms with Gasteiger partial charge in [-0.1, -0.05) is 29.8 Å². The zero-order valence-corrected chi connectivity index (χ0v) is 15.3. The van der Waals surface area contributed by atoms with E-state index < -0.39 is 0 Å². The molecule has 1 aromatic heterocycles. The van der Waals surface area contributed by atoms with Gasteiger partial charge in [-0.25, -0.2) is 0 Å². The molecule has 0 aliphatic heterocycles. The van der Waals surface area contributed by atoms with Crippen molar-refractivity contribution in [3.05, 3.63) is 81.3 Å². The van der Waals surface area contributed by atoms with Crippen LogP contribution in [0, 0.1) is 13.8 Å². The highest BCUT2D eigenvalue weighted by molar-refractivity contribution is 5.68. The van der Waals surface area contributed by atoms with Gasteiger partial charge in [0.05, 0.1) is 0 Å². The first kappa shape index (κ1) is 16.6. The fraction of sp³-hybridized carbons (Fsp3) is 0.261. The molecule has 0 unspecified atom stereocenters. The van der Waals surface area contributed by atoms with Crippen LogP contribution in [0.3, 0.4) is 0 Å². The first-order valence-electron chi connectivity index (χ1n) is 9.21. The third kappa shape index (κ3) is 3.17. The van der Waals surface area contributed by atoms with Crippen LogP contribution in [-0.2, 0) is 12.8 Å². The van der Waals surface area contributed by atoms with Crippen LogP contribution in [-0.4, -0.2) is 4.98 Å². The second-order valence-corrected chi connectivity index (χ2v) is 7.06. The van der Waals surface area contributed by atoms with Crippen molar-refractivity contribution in [3.63, 3.8) is 0 Å². The van der Waals surface area contributed by atoms with E-state index in [2.05, 4.69) is 11.9 Å². The zero-order chi connectivity index (χ0) is 18.1. The van der Waals surface area contributed by atoms with Gasteiger partial charge in [-0.05, 0) is 69.4 Å². The molecule has 0 atom stereocenters. The van der Waals surface area contributed by atoms with E-state index in [1.54, 1.807) is 0 Å². The molecule has 3 nitrogen and oxygen atoms in total. The Morgan fingerprint density at radius 2 is 1.69 bits per heavy atom. The smallest absolute Gasteiger partial charge is 0.193 e. The Kier molecular flexibility index (Phi) is 4.37. The lowest BCUT2D eigenvalue weighted by atomic mass is 9.91. The van der Waals surface area contributed by atoms with Gasteiger partial charge in [-0.3, -0.25) is 4.79 Å². The SMILES string of the molecule is Cc1ccc(Oc2cccc(-c3c(C)[nH]c4c(c3=O)CCCC4)c2)cc1. The topological polar surface area (TPSA) is 42.1 Å². The van der Waals surface area contributed by atoms with Crippen molar-refractivity contribution in [1.29, 1.82) is 0 Å². The van der Waals surface area contributed by atoms with Crippen LogP contribution in [0.2, 0.25) is 0 Å². The molecular formula is C23H23NO2. The third-order valence-corrected chi connectivity index (χ3v) is 5.06. The number of hydrogen-bond donors (Lipinski definition) is 1. The summed E-state index contributed by atoms with van der Waals surface area (Å²) in [5.74, 6) is 1.53. The molecule has 1 N–H and O–H groups in total. The Hall–Kier alpha value is -2.81. The number of pyridine rings is 1. The normalized spacial score (nSPS) is 13.3. The Morgan fingerprint density at radius 3 is 2.50 bits per heavy atom. The molecule has 1 aliphatic rings. The van der Waals surface area contributed by atoms with E-state index in [1.807, 2.05) is 55.5 Å². The zero-order valence-electron chi connectivity index (χ0n) is 15.3. The van der Waals surface area contributed by atoms with E-state index in [0.717, 1.165) is 65.3 Å². The van der Waals surface area contributed by atoms with Crippen LogP contribution in [0.15, 0.2) is 53.3 Å². The Morgan fingerprint density at radius 1 is 0.923 bits per heavy atom. The summed E-state index contributed by atoms with van der Waals surface area (Å²) >= 11 is 0. The fourth-order valence-corrected chi connectivity index (χ4v) is 3.71. The van der Waals surface area contributed by atoms with Gasteiger partial charge in [-0.15, -0.1) is 0 Å². The van der Waals surface area contributed by atoms with Crippen molar-refractivity contribution < 1.29 is 4.74 Å². The highest BCUT2D eigenvalue weighted by Crippen LogP contribution is 2.29. The van der Waals surface area contributed by atoms with Gasteiger partial charge in [0.25, 0.3) is 0 Å². The van der Waals surface area contributed by atoms with Crippen LogP contribution in [0.1, 0.15) is 35.4 Å². The van der Waals surface area contributed by atoms with Crippen molar-refractivity contribution in [2.75, 3.05) is 0 Å². The van der Waals surface area contributed by atoms with Gasteiger partial charge >= 0.3 is 0 Å². The molecule has 2 aromatic carbocycles. The van der Waals surface area contributed by atoms with Crippen molar-refractivity contribution in [3.8, 4) is 22.6 Å². The molecular weight excluding hydrogens is 322 g/mol. The molecule has 1 aliphatic carbocycles. The second kappa shape index (κ2) is 6.83. The average molecular weight is 345 g/mol. The minimum atomic E-state index is 0.170. The maximum atomic E-state index is 13.1. The lowest BCUT2D eigenvalue weighted by Gasteiger charge is -2.18. The predicted molar refractivity (Wildman–Crippen MR) is 105 cm³/mol. The lowest BCUT2D eigenvalue weighted by molar-refractivity contribution is 0.483. The van der Waals surface area contributed by atoms with E-state index >= 15 is 0 Å². The van der Waals surface area contributed by atoms with Crippen molar-refractivity contribution in [1.82, 2.24) is 4.98 Å². The van der Waals surface area contributed by atoms with Crippen LogP contribution in [0.4, 0.5) is 0 Å². The van der Waals surface area contributed by atoms with Gasteiger partial charge in [0, 0.05) is 22.5 Å². The summed E-state index contributed by atoms with van der Waals surface area (Å²) in [5.41, 5.74) is 6.05. The summed E-state index contributed by atoms with van der Waals surface area (Å²) in [6.07, 6.45) is 4.09. The van der Waals surface area contributed by atoms with E-state index in [0.29, 0.717) is 0 Å². The number of nitrogens with one attached hydrogen (secondary N) is 1. The molecule has 0 fully saturated rings. The van der Waals surface area contributed by atoms with Gasteiger partial charge in [0.15, 0.2) is 5.43 Å². The molecule has 0 saturated carbocycles. The minimum absolute atomic E-state index is 0.170.